The summed E-state index contributed by atoms with van der Waals surface area (Å²) in [6, 6.07) is 3.47. The molecule has 6 heteroatoms. The van der Waals surface area contributed by atoms with E-state index in [1.807, 2.05) is 26.0 Å². The quantitative estimate of drug-likeness (QED) is 0.747. The third-order valence-electron chi connectivity index (χ3n) is 2.45. The lowest BCUT2D eigenvalue weighted by Gasteiger charge is -2.10. The highest BCUT2D eigenvalue weighted by atomic mass is 16.3. The number of nitrogen functional groups attached to an aromatic ring is 1. The van der Waals surface area contributed by atoms with Gasteiger partial charge in [0.2, 0.25) is 0 Å². The van der Waals surface area contributed by atoms with E-state index in [4.69, 9.17) is 10.2 Å². The Bertz CT molecular complexity index is 529. The molecular formula is C11H14N4O2. The highest BCUT2D eigenvalue weighted by Crippen LogP contribution is 2.16. The smallest absolute Gasteiger partial charge is 0.257 e. The van der Waals surface area contributed by atoms with E-state index in [0.717, 1.165) is 5.76 Å². The molecule has 2 aromatic heterocycles. The zero-order valence-corrected chi connectivity index (χ0v) is 9.65. The Labute approximate surface area is 98.2 Å². The molecule has 1 atom stereocenters. The lowest BCUT2D eigenvalue weighted by atomic mass is 10.2. The minimum atomic E-state index is -0.280. The van der Waals surface area contributed by atoms with E-state index >= 15 is 0 Å². The number of hydrogen-bond acceptors (Lipinski definition) is 4. The van der Waals surface area contributed by atoms with Gasteiger partial charge in [-0.3, -0.25) is 9.89 Å². The van der Waals surface area contributed by atoms with E-state index in [0.29, 0.717) is 11.3 Å². The van der Waals surface area contributed by atoms with Gasteiger partial charge in [-0.05, 0) is 26.0 Å². The summed E-state index contributed by atoms with van der Waals surface area (Å²) in [5, 5.41) is 8.98. The van der Waals surface area contributed by atoms with Crippen molar-refractivity contribution in [1.82, 2.24) is 15.5 Å². The Morgan fingerprint density at radius 2 is 2.35 bits per heavy atom. The number of aryl methyl sites for hydroxylation is 1. The Morgan fingerprint density at radius 1 is 1.59 bits per heavy atom. The Hall–Kier alpha value is -2.24. The van der Waals surface area contributed by atoms with E-state index in [1.54, 1.807) is 0 Å². The van der Waals surface area contributed by atoms with Crippen LogP contribution in [0.2, 0.25) is 0 Å². The van der Waals surface area contributed by atoms with Crippen molar-refractivity contribution >= 4 is 11.7 Å². The van der Waals surface area contributed by atoms with Crippen molar-refractivity contribution in [2.75, 3.05) is 5.73 Å². The van der Waals surface area contributed by atoms with Crippen LogP contribution in [-0.4, -0.2) is 16.1 Å². The molecule has 6 nitrogen and oxygen atoms in total. The van der Waals surface area contributed by atoms with Crippen LogP contribution in [0.15, 0.2) is 22.7 Å². The number of aromatic amines is 1. The minimum absolute atomic E-state index is 0.217. The number of aromatic nitrogens is 2. The average Bonchev–Trinajstić information content (AvgIpc) is 2.86. The van der Waals surface area contributed by atoms with Gasteiger partial charge in [0.15, 0.2) is 0 Å². The first-order valence-electron chi connectivity index (χ1n) is 5.24. The fraction of sp³-hybridized carbons (Fsp3) is 0.273. The van der Waals surface area contributed by atoms with Crippen LogP contribution in [0.4, 0.5) is 5.82 Å². The molecule has 17 heavy (non-hydrogen) atoms. The summed E-state index contributed by atoms with van der Waals surface area (Å²) < 4.78 is 5.42. The van der Waals surface area contributed by atoms with E-state index in [2.05, 4.69) is 15.5 Å². The molecule has 2 heterocycles. The molecule has 90 valence electrons. The van der Waals surface area contributed by atoms with Crippen LogP contribution in [0.1, 0.15) is 34.8 Å². The predicted octanol–water partition coefficient (Wildman–Crippen LogP) is 1.38. The molecule has 0 aliphatic heterocycles. The van der Waals surface area contributed by atoms with Gasteiger partial charge in [0.1, 0.15) is 22.9 Å². The van der Waals surface area contributed by atoms with Gasteiger partial charge in [-0.15, -0.1) is 0 Å². The highest BCUT2D eigenvalue weighted by molar-refractivity contribution is 5.98. The second kappa shape index (κ2) is 4.32. The van der Waals surface area contributed by atoms with Crippen molar-refractivity contribution in [3.63, 3.8) is 0 Å². The maximum Gasteiger partial charge on any atom is 0.257 e. The SMILES string of the molecule is Cc1ccc(C(C)NC(=O)c2cn[nH]c2N)o1. The summed E-state index contributed by atoms with van der Waals surface area (Å²) in [6.07, 6.45) is 1.39. The van der Waals surface area contributed by atoms with E-state index < -0.39 is 0 Å². The van der Waals surface area contributed by atoms with E-state index in [1.165, 1.54) is 6.20 Å². The minimum Gasteiger partial charge on any atom is -0.464 e. The Morgan fingerprint density at radius 3 is 2.88 bits per heavy atom. The van der Waals surface area contributed by atoms with Crippen molar-refractivity contribution in [2.24, 2.45) is 0 Å². The van der Waals surface area contributed by atoms with Crippen molar-refractivity contribution in [2.45, 2.75) is 19.9 Å². The molecule has 0 aliphatic rings. The number of hydrogen-bond donors (Lipinski definition) is 3. The summed E-state index contributed by atoms with van der Waals surface area (Å²) in [6.45, 7) is 3.69. The molecule has 0 radical (unpaired) electrons. The zero-order valence-electron chi connectivity index (χ0n) is 9.65. The third-order valence-corrected chi connectivity index (χ3v) is 2.45. The Kier molecular flexibility index (Phi) is 2.86. The van der Waals surface area contributed by atoms with Gasteiger partial charge in [-0.2, -0.15) is 5.10 Å². The number of rotatable bonds is 3. The molecule has 1 amide bonds. The molecule has 0 saturated heterocycles. The maximum absolute atomic E-state index is 11.8. The van der Waals surface area contributed by atoms with Gasteiger partial charge >= 0.3 is 0 Å². The van der Waals surface area contributed by atoms with Crippen LogP contribution < -0.4 is 11.1 Å². The first-order chi connectivity index (χ1) is 8.08. The van der Waals surface area contributed by atoms with Crippen LogP contribution in [0.5, 0.6) is 0 Å². The topological polar surface area (TPSA) is 96.9 Å². The summed E-state index contributed by atoms with van der Waals surface area (Å²) >= 11 is 0. The van der Waals surface area contributed by atoms with Crippen molar-refractivity contribution < 1.29 is 9.21 Å². The monoisotopic (exact) mass is 234 g/mol. The van der Waals surface area contributed by atoms with Gasteiger partial charge in [-0.25, -0.2) is 0 Å². The molecule has 1 unspecified atom stereocenters. The average molecular weight is 234 g/mol. The summed E-state index contributed by atoms with van der Waals surface area (Å²) in [5.74, 6) is 1.49. The first-order valence-corrected chi connectivity index (χ1v) is 5.24. The van der Waals surface area contributed by atoms with Crippen molar-refractivity contribution in [3.05, 3.63) is 35.4 Å². The third kappa shape index (κ3) is 2.30. The normalized spacial score (nSPS) is 12.4. The molecule has 2 rings (SSSR count). The number of nitrogens with zero attached hydrogens (tertiary/aromatic N) is 1. The lowest BCUT2D eigenvalue weighted by molar-refractivity contribution is 0.0936. The van der Waals surface area contributed by atoms with Crippen molar-refractivity contribution in [1.29, 1.82) is 0 Å². The van der Waals surface area contributed by atoms with Gasteiger partial charge in [0.05, 0.1) is 12.2 Å². The van der Waals surface area contributed by atoms with Crippen LogP contribution in [0.3, 0.4) is 0 Å². The van der Waals surface area contributed by atoms with Crippen molar-refractivity contribution in [3.8, 4) is 0 Å². The molecule has 4 N–H and O–H groups in total. The largest absolute Gasteiger partial charge is 0.464 e. The highest BCUT2D eigenvalue weighted by Gasteiger charge is 2.16. The number of nitrogens with one attached hydrogen (secondary N) is 2. The molecule has 0 aliphatic carbocycles. The van der Waals surface area contributed by atoms with Gasteiger partial charge in [-0.1, -0.05) is 0 Å². The molecule has 2 aromatic rings. The van der Waals surface area contributed by atoms with E-state index in [-0.39, 0.29) is 17.8 Å². The lowest BCUT2D eigenvalue weighted by Crippen LogP contribution is -2.26. The zero-order chi connectivity index (χ0) is 12.4. The number of carbonyl (C=O) groups excluding carboxylic acids is 1. The molecule has 0 saturated carbocycles. The molecule has 0 fully saturated rings. The number of amides is 1. The maximum atomic E-state index is 11.8. The number of furan rings is 1. The van der Waals surface area contributed by atoms with Crippen LogP contribution in [0, 0.1) is 6.92 Å². The summed E-state index contributed by atoms with van der Waals surface area (Å²) in [5.41, 5.74) is 5.89. The van der Waals surface area contributed by atoms with Gasteiger partial charge in [0.25, 0.3) is 5.91 Å². The number of carbonyl (C=O) groups is 1. The standard InChI is InChI=1S/C11H14N4O2/c1-6-3-4-9(17-6)7(2)14-11(16)8-5-13-15-10(8)12/h3-5,7H,1-2H3,(H,14,16)(H3,12,13,15). The predicted molar refractivity (Wildman–Crippen MR) is 62.3 cm³/mol. The van der Waals surface area contributed by atoms with Crippen LogP contribution >= 0.6 is 0 Å². The number of nitrogens with two attached hydrogens (primary N) is 1. The molecular weight excluding hydrogens is 220 g/mol. The number of anilines is 1. The molecule has 0 aromatic carbocycles. The Balaban J connectivity index is 2.07. The van der Waals surface area contributed by atoms with Gasteiger partial charge < -0.3 is 15.5 Å². The van der Waals surface area contributed by atoms with E-state index in [9.17, 15) is 4.79 Å². The first kappa shape index (κ1) is 11.3. The summed E-state index contributed by atoms with van der Waals surface area (Å²) in [7, 11) is 0. The van der Waals surface area contributed by atoms with Gasteiger partial charge in [0, 0.05) is 0 Å². The molecule has 0 bridgehead atoms. The summed E-state index contributed by atoms with van der Waals surface area (Å²) in [4.78, 5) is 11.8. The number of H-pyrrole nitrogens is 1. The fourth-order valence-corrected chi connectivity index (χ4v) is 1.51. The van der Waals surface area contributed by atoms with Crippen LogP contribution in [-0.2, 0) is 0 Å². The second-order valence-corrected chi connectivity index (χ2v) is 3.84. The fourth-order valence-electron chi connectivity index (χ4n) is 1.51. The second-order valence-electron chi connectivity index (χ2n) is 3.84. The molecule has 0 spiro atoms. The van der Waals surface area contributed by atoms with Crippen LogP contribution in [0.25, 0.3) is 0 Å².